The molecule has 0 bridgehead atoms. The van der Waals surface area contributed by atoms with E-state index >= 15 is 0 Å². The fourth-order valence-corrected chi connectivity index (χ4v) is 4.71. The van der Waals surface area contributed by atoms with Gasteiger partial charge in [0.15, 0.2) is 0 Å². The van der Waals surface area contributed by atoms with E-state index in [1.54, 1.807) is 0 Å². The van der Waals surface area contributed by atoms with Gasteiger partial charge in [-0.25, -0.2) is 0 Å². The summed E-state index contributed by atoms with van der Waals surface area (Å²) in [4.78, 5) is 9.50. The standard InChI is InChI=1S/C28H29ClN4/c29-24-10-11-26-27(12-14-31-28(26)21-24)30-13-5-15-32-16-18-33(19-17-32)25-9-4-8-23(20-25)22-6-2-1-3-7-22/h1-4,6-12,14,20-21H,5,13,15-19H2,(H,30,31). The molecule has 0 aliphatic carbocycles. The molecule has 4 nitrogen and oxygen atoms in total. The third-order valence-electron chi connectivity index (χ3n) is 6.36. The van der Waals surface area contributed by atoms with Crippen LogP contribution in [-0.2, 0) is 0 Å². The Bertz CT molecular complexity index is 1200. The van der Waals surface area contributed by atoms with Gasteiger partial charge in [0.05, 0.1) is 5.52 Å². The first-order valence-electron chi connectivity index (χ1n) is 11.7. The van der Waals surface area contributed by atoms with Crippen LogP contribution < -0.4 is 10.2 Å². The number of aromatic nitrogens is 1. The van der Waals surface area contributed by atoms with Crippen LogP contribution in [0.3, 0.4) is 0 Å². The molecule has 0 amide bonds. The van der Waals surface area contributed by atoms with Crippen LogP contribution in [0.25, 0.3) is 22.0 Å². The van der Waals surface area contributed by atoms with E-state index in [4.69, 9.17) is 11.6 Å². The summed E-state index contributed by atoms with van der Waals surface area (Å²) in [5.41, 5.74) is 5.94. The lowest BCUT2D eigenvalue weighted by Crippen LogP contribution is -2.46. The average Bonchev–Trinajstić information content (AvgIpc) is 2.87. The number of rotatable bonds is 7. The Morgan fingerprint density at radius 3 is 2.48 bits per heavy atom. The van der Waals surface area contributed by atoms with Gasteiger partial charge < -0.3 is 10.2 Å². The molecule has 5 rings (SSSR count). The van der Waals surface area contributed by atoms with Crippen molar-refractivity contribution >= 4 is 33.9 Å². The molecule has 33 heavy (non-hydrogen) atoms. The van der Waals surface area contributed by atoms with E-state index in [0.29, 0.717) is 0 Å². The summed E-state index contributed by atoms with van der Waals surface area (Å²) >= 11 is 6.10. The third kappa shape index (κ3) is 5.29. The Morgan fingerprint density at radius 2 is 1.64 bits per heavy atom. The van der Waals surface area contributed by atoms with Gasteiger partial charge in [-0.3, -0.25) is 9.88 Å². The number of nitrogens with one attached hydrogen (secondary N) is 1. The molecule has 0 saturated carbocycles. The van der Waals surface area contributed by atoms with Crippen LogP contribution in [0.1, 0.15) is 6.42 Å². The first-order valence-corrected chi connectivity index (χ1v) is 12.0. The number of halogens is 1. The largest absolute Gasteiger partial charge is 0.384 e. The molecule has 1 saturated heterocycles. The Kier molecular flexibility index (Phi) is 6.75. The molecule has 0 atom stereocenters. The molecule has 1 aliphatic rings. The van der Waals surface area contributed by atoms with E-state index in [-0.39, 0.29) is 0 Å². The third-order valence-corrected chi connectivity index (χ3v) is 6.60. The summed E-state index contributed by atoms with van der Waals surface area (Å²) in [5.74, 6) is 0. The molecule has 0 unspecified atom stereocenters. The highest BCUT2D eigenvalue weighted by Crippen LogP contribution is 2.26. The topological polar surface area (TPSA) is 31.4 Å². The smallest absolute Gasteiger partial charge is 0.0737 e. The highest BCUT2D eigenvalue weighted by atomic mass is 35.5. The molecule has 168 valence electrons. The van der Waals surface area contributed by atoms with Crippen molar-refractivity contribution in [2.45, 2.75) is 6.42 Å². The van der Waals surface area contributed by atoms with Gasteiger partial charge in [-0.1, -0.05) is 54.1 Å². The van der Waals surface area contributed by atoms with E-state index in [0.717, 1.165) is 67.3 Å². The lowest BCUT2D eigenvalue weighted by atomic mass is 10.0. The van der Waals surface area contributed by atoms with E-state index in [2.05, 4.69) is 74.7 Å². The van der Waals surface area contributed by atoms with E-state index < -0.39 is 0 Å². The fraction of sp³-hybridized carbons (Fsp3) is 0.250. The highest BCUT2D eigenvalue weighted by molar-refractivity contribution is 6.31. The molecule has 4 aromatic rings. The van der Waals surface area contributed by atoms with Crippen molar-refractivity contribution in [2.24, 2.45) is 0 Å². The van der Waals surface area contributed by atoms with Gasteiger partial charge >= 0.3 is 0 Å². The van der Waals surface area contributed by atoms with Crippen molar-refractivity contribution in [2.75, 3.05) is 49.5 Å². The molecular formula is C28H29ClN4. The van der Waals surface area contributed by atoms with Crippen molar-refractivity contribution in [1.29, 1.82) is 0 Å². The minimum atomic E-state index is 0.720. The molecule has 0 radical (unpaired) electrons. The number of nitrogens with zero attached hydrogens (tertiary/aromatic N) is 3. The molecule has 1 aliphatic heterocycles. The maximum Gasteiger partial charge on any atom is 0.0737 e. The minimum Gasteiger partial charge on any atom is -0.384 e. The number of piperazine rings is 1. The molecule has 1 aromatic heterocycles. The summed E-state index contributed by atoms with van der Waals surface area (Å²) in [6.45, 7) is 6.40. The molecule has 3 aromatic carbocycles. The lowest BCUT2D eigenvalue weighted by Gasteiger charge is -2.36. The molecule has 2 heterocycles. The number of pyridine rings is 1. The number of hydrogen-bond donors (Lipinski definition) is 1. The van der Waals surface area contributed by atoms with Crippen molar-refractivity contribution in [3.63, 3.8) is 0 Å². The van der Waals surface area contributed by atoms with Gasteiger partial charge in [0, 0.05) is 60.7 Å². The summed E-state index contributed by atoms with van der Waals surface area (Å²) < 4.78 is 0. The summed E-state index contributed by atoms with van der Waals surface area (Å²) in [7, 11) is 0. The monoisotopic (exact) mass is 456 g/mol. The van der Waals surface area contributed by atoms with Gasteiger partial charge in [0.25, 0.3) is 0 Å². The molecule has 0 spiro atoms. The summed E-state index contributed by atoms with van der Waals surface area (Å²) in [5, 5.41) is 5.42. The van der Waals surface area contributed by atoms with Crippen molar-refractivity contribution in [3.05, 3.63) is 90.1 Å². The van der Waals surface area contributed by atoms with Crippen molar-refractivity contribution < 1.29 is 0 Å². The first kappa shape index (κ1) is 21.7. The summed E-state index contributed by atoms with van der Waals surface area (Å²) in [6.07, 6.45) is 2.95. The quantitative estimate of drug-likeness (QED) is 0.336. The second kappa shape index (κ2) is 10.2. The Balaban J connectivity index is 1.10. The van der Waals surface area contributed by atoms with Crippen LogP contribution in [0.5, 0.6) is 0 Å². The number of hydrogen-bond acceptors (Lipinski definition) is 4. The fourth-order valence-electron chi connectivity index (χ4n) is 4.54. The van der Waals surface area contributed by atoms with Crippen LogP contribution >= 0.6 is 11.6 Å². The molecular weight excluding hydrogens is 428 g/mol. The van der Waals surface area contributed by atoms with Gasteiger partial charge in [-0.2, -0.15) is 0 Å². The van der Waals surface area contributed by atoms with Gasteiger partial charge in [-0.05, 0) is 60.5 Å². The second-order valence-electron chi connectivity index (χ2n) is 8.55. The average molecular weight is 457 g/mol. The number of fused-ring (bicyclic) bond motifs is 1. The van der Waals surface area contributed by atoms with Crippen LogP contribution in [-0.4, -0.2) is 49.2 Å². The first-order chi connectivity index (χ1) is 16.3. The number of benzene rings is 3. The van der Waals surface area contributed by atoms with Gasteiger partial charge in [0.2, 0.25) is 0 Å². The zero-order valence-electron chi connectivity index (χ0n) is 18.8. The van der Waals surface area contributed by atoms with Crippen LogP contribution in [0, 0.1) is 0 Å². The Morgan fingerprint density at radius 1 is 0.818 bits per heavy atom. The molecule has 1 N–H and O–H groups in total. The highest BCUT2D eigenvalue weighted by Gasteiger charge is 2.17. The van der Waals surface area contributed by atoms with Crippen LogP contribution in [0.4, 0.5) is 11.4 Å². The second-order valence-corrected chi connectivity index (χ2v) is 8.98. The van der Waals surface area contributed by atoms with Crippen LogP contribution in [0.15, 0.2) is 85.1 Å². The maximum absolute atomic E-state index is 6.10. The predicted molar refractivity (Wildman–Crippen MR) is 140 cm³/mol. The summed E-state index contributed by atoms with van der Waals surface area (Å²) in [6, 6.07) is 27.5. The zero-order chi connectivity index (χ0) is 22.5. The van der Waals surface area contributed by atoms with E-state index in [9.17, 15) is 0 Å². The van der Waals surface area contributed by atoms with Crippen LogP contribution in [0.2, 0.25) is 5.02 Å². The molecule has 5 heteroatoms. The van der Waals surface area contributed by atoms with Gasteiger partial charge in [-0.15, -0.1) is 0 Å². The maximum atomic E-state index is 6.10. The number of anilines is 2. The Labute approximate surface area is 200 Å². The van der Waals surface area contributed by atoms with Gasteiger partial charge in [0.1, 0.15) is 0 Å². The van der Waals surface area contributed by atoms with Crippen molar-refractivity contribution in [1.82, 2.24) is 9.88 Å². The minimum absolute atomic E-state index is 0.720. The SMILES string of the molecule is Clc1ccc2c(NCCCN3CCN(c4cccc(-c5ccccc5)c4)CC3)ccnc2c1. The predicted octanol–water partition coefficient (Wildman–Crippen LogP) is 6.18. The zero-order valence-corrected chi connectivity index (χ0v) is 19.5. The molecule has 1 fully saturated rings. The van der Waals surface area contributed by atoms with E-state index in [1.807, 2.05) is 30.5 Å². The normalized spacial score (nSPS) is 14.5. The van der Waals surface area contributed by atoms with E-state index in [1.165, 1.54) is 16.8 Å². The van der Waals surface area contributed by atoms with Crippen molar-refractivity contribution in [3.8, 4) is 11.1 Å². The lowest BCUT2D eigenvalue weighted by molar-refractivity contribution is 0.257. The Hall–Kier alpha value is -3.08.